The zero-order chi connectivity index (χ0) is 24.3. The van der Waals surface area contributed by atoms with E-state index in [0.717, 1.165) is 34.6 Å². The molecular weight excluding hydrogens is 489 g/mol. The van der Waals surface area contributed by atoms with Crippen molar-refractivity contribution in [3.8, 4) is 11.8 Å². The highest BCUT2D eigenvalue weighted by atomic mass is 35.5. The predicted octanol–water partition coefficient (Wildman–Crippen LogP) is 7.55. The summed E-state index contributed by atoms with van der Waals surface area (Å²) in [6.07, 6.45) is 8.45. The van der Waals surface area contributed by atoms with Gasteiger partial charge in [-0.25, -0.2) is 4.98 Å². The maximum atomic E-state index is 12.6. The number of benzene rings is 2. The van der Waals surface area contributed by atoms with Gasteiger partial charge in [0, 0.05) is 17.5 Å². The van der Waals surface area contributed by atoms with Crippen LogP contribution in [0, 0.1) is 11.3 Å². The molecule has 0 aliphatic rings. The van der Waals surface area contributed by atoms with Crippen LogP contribution in [-0.2, 0) is 11.2 Å². The third kappa shape index (κ3) is 7.88. The standard InChI is InChI=1S/C26H25Cl2N3O2S/c1-2-3-4-5-12-33-21-9-6-18(7-10-21)13-20(16-29)25(32)31-26-30-17-22(34-26)14-19-8-11-23(27)24(28)15-19/h6-11,13,15,17H,2-5,12,14H2,1H3,(H,30,31,32)/b20-13+. The molecule has 34 heavy (non-hydrogen) atoms. The molecule has 5 nitrogen and oxygen atoms in total. The summed E-state index contributed by atoms with van der Waals surface area (Å²) in [5.41, 5.74) is 1.72. The molecule has 0 unspecified atom stereocenters. The lowest BCUT2D eigenvalue weighted by Gasteiger charge is -2.06. The molecule has 0 fully saturated rings. The van der Waals surface area contributed by atoms with Gasteiger partial charge in [-0.05, 0) is 47.9 Å². The fourth-order valence-electron chi connectivity index (χ4n) is 3.16. The summed E-state index contributed by atoms with van der Waals surface area (Å²) < 4.78 is 5.74. The summed E-state index contributed by atoms with van der Waals surface area (Å²) in [6.45, 7) is 2.86. The van der Waals surface area contributed by atoms with E-state index >= 15 is 0 Å². The summed E-state index contributed by atoms with van der Waals surface area (Å²) in [5, 5.41) is 13.6. The van der Waals surface area contributed by atoms with Crippen molar-refractivity contribution in [3.63, 3.8) is 0 Å². The SMILES string of the molecule is CCCCCCOc1ccc(/C=C(\C#N)C(=O)Nc2ncc(Cc3ccc(Cl)c(Cl)c3)s2)cc1. The molecule has 0 spiro atoms. The van der Waals surface area contributed by atoms with Crippen LogP contribution in [0.25, 0.3) is 6.08 Å². The average molecular weight is 514 g/mol. The van der Waals surface area contributed by atoms with E-state index in [1.54, 1.807) is 24.4 Å². The second-order valence-electron chi connectivity index (χ2n) is 7.66. The first kappa shape index (κ1) is 25.8. The Morgan fingerprint density at radius 1 is 1.15 bits per heavy atom. The second kappa shape index (κ2) is 13.1. The molecule has 3 aromatic rings. The van der Waals surface area contributed by atoms with Crippen LogP contribution in [0.1, 0.15) is 48.6 Å². The van der Waals surface area contributed by atoms with Gasteiger partial charge in [0.15, 0.2) is 5.13 Å². The Morgan fingerprint density at radius 2 is 1.94 bits per heavy atom. The molecule has 0 bridgehead atoms. The molecule has 1 heterocycles. The number of carbonyl (C=O) groups excluding carboxylic acids is 1. The Kier molecular flexibility index (Phi) is 9.96. The Bertz CT molecular complexity index is 1180. The average Bonchev–Trinajstić information content (AvgIpc) is 3.27. The summed E-state index contributed by atoms with van der Waals surface area (Å²) >= 11 is 13.4. The molecule has 0 saturated carbocycles. The monoisotopic (exact) mass is 513 g/mol. The van der Waals surface area contributed by atoms with E-state index in [1.807, 2.05) is 36.4 Å². The van der Waals surface area contributed by atoms with Gasteiger partial charge in [0.25, 0.3) is 5.91 Å². The summed E-state index contributed by atoms with van der Waals surface area (Å²) in [6, 6.07) is 14.7. The Labute approximate surface area is 214 Å². The minimum Gasteiger partial charge on any atom is -0.494 e. The number of rotatable bonds is 11. The van der Waals surface area contributed by atoms with Crippen LogP contribution in [0.3, 0.4) is 0 Å². The molecule has 3 rings (SSSR count). The van der Waals surface area contributed by atoms with Crippen molar-refractivity contribution >= 4 is 51.7 Å². The van der Waals surface area contributed by atoms with E-state index in [0.29, 0.717) is 28.2 Å². The molecule has 176 valence electrons. The van der Waals surface area contributed by atoms with Crippen LogP contribution >= 0.6 is 34.5 Å². The van der Waals surface area contributed by atoms with Gasteiger partial charge in [-0.2, -0.15) is 5.26 Å². The van der Waals surface area contributed by atoms with Crippen molar-refractivity contribution in [1.82, 2.24) is 4.98 Å². The molecule has 0 atom stereocenters. The molecule has 0 radical (unpaired) electrons. The van der Waals surface area contributed by atoms with Crippen molar-refractivity contribution in [2.24, 2.45) is 0 Å². The van der Waals surface area contributed by atoms with Crippen LogP contribution in [0.5, 0.6) is 5.75 Å². The van der Waals surface area contributed by atoms with Crippen LogP contribution in [0.4, 0.5) is 5.13 Å². The minimum absolute atomic E-state index is 0.00512. The van der Waals surface area contributed by atoms with Gasteiger partial charge in [-0.3, -0.25) is 10.1 Å². The van der Waals surface area contributed by atoms with Crippen LogP contribution < -0.4 is 10.1 Å². The number of nitrogens with zero attached hydrogens (tertiary/aromatic N) is 2. The van der Waals surface area contributed by atoms with Crippen molar-refractivity contribution < 1.29 is 9.53 Å². The molecule has 8 heteroatoms. The lowest BCUT2D eigenvalue weighted by atomic mass is 10.1. The first-order valence-corrected chi connectivity index (χ1v) is 12.6. The number of aromatic nitrogens is 1. The van der Waals surface area contributed by atoms with Gasteiger partial charge in [-0.1, -0.05) is 67.6 Å². The van der Waals surface area contributed by atoms with Crippen molar-refractivity contribution in [3.05, 3.63) is 80.3 Å². The lowest BCUT2D eigenvalue weighted by Crippen LogP contribution is -2.13. The lowest BCUT2D eigenvalue weighted by molar-refractivity contribution is -0.112. The highest BCUT2D eigenvalue weighted by Crippen LogP contribution is 2.26. The minimum atomic E-state index is -0.505. The number of nitriles is 1. The maximum Gasteiger partial charge on any atom is 0.268 e. The van der Waals surface area contributed by atoms with Gasteiger partial charge in [0.05, 0.1) is 16.7 Å². The zero-order valence-corrected chi connectivity index (χ0v) is 21.1. The number of amides is 1. The normalized spacial score (nSPS) is 11.2. The topological polar surface area (TPSA) is 75.0 Å². The van der Waals surface area contributed by atoms with Gasteiger partial charge in [0.2, 0.25) is 0 Å². The van der Waals surface area contributed by atoms with E-state index < -0.39 is 5.91 Å². The number of carbonyl (C=O) groups is 1. The smallest absolute Gasteiger partial charge is 0.268 e. The number of ether oxygens (including phenoxy) is 1. The largest absolute Gasteiger partial charge is 0.494 e. The Hall–Kier alpha value is -2.85. The highest BCUT2D eigenvalue weighted by molar-refractivity contribution is 7.15. The summed E-state index contributed by atoms with van der Waals surface area (Å²) in [7, 11) is 0. The first-order valence-electron chi connectivity index (χ1n) is 11.0. The van der Waals surface area contributed by atoms with Crippen molar-refractivity contribution in [2.75, 3.05) is 11.9 Å². The van der Waals surface area contributed by atoms with Gasteiger partial charge in [0.1, 0.15) is 17.4 Å². The molecule has 0 aliphatic heterocycles. The number of nitrogens with one attached hydrogen (secondary N) is 1. The van der Waals surface area contributed by atoms with Gasteiger partial charge >= 0.3 is 0 Å². The molecule has 1 aromatic heterocycles. The fraction of sp³-hybridized carbons (Fsp3) is 0.269. The van der Waals surface area contributed by atoms with Crippen molar-refractivity contribution in [1.29, 1.82) is 5.26 Å². The number of hydrogen-bond donors (Lipinski definition) is 1. The number of halogens is 2. The van der Waals surface area contributed by atoms with Crippen molar-refractivity contribution in [2.45, 2.75) is 39.0 Å². The third-order valence-electron chi connectivity index (χ3n) is 4.96. The Balaban J connectivity index is 1.57. The molecule has 0 aliphatic carbocycles. The second-order valence-corrected chi connectivity index (χ2v) is 9.59. The van der Waals surface area contributed by atoms with Crippen LogP contribution in [0.15, 0.2) is 54.2 Å². The molecular formula is C26H25Cl2N3O2S. The summed E-state index contributed by atoms with van der Waals surface area (Å²) in [4.78, 5) is 17.8. The molecule has 1 N–H and O–H groups in total. The van der Waals surface area contributed by atoms with E-state index in [-0.39, 0.29) is 5.57 Å². The van der Waals surface area contributed by atoms with E-state index in [9.17, 15) is 10.1 Å². The zero-order valence-electron chi connectivity index (χ0n) is 18.8. The summed E-state index contributed by atoms with van der Waals surface area (Å²) in [5.74, 6) is 0.267. The number of anilines is 1. The van der Waals surface area contributed by atoms with Crippen LogP contribution in [0.2, 0.25) is 10.0 Å². The predicted molar refractivity (Wildman–Crippen MR) is 140 cm³/mol. The maximum absolute atomic E-state index is 12.6. The molecule has 2 aromatic carbocycles. The molecule has 1 amide bonds. The third-order valence-corrected chi connectivity index (χ3v) is 6.61. The van der Waals surface area contributed by atoms with Gasteiger partial charge < -0.3 is 4.74 Å². The van der Waals surface area contributed by atoms with E-state index in [1.165, 1.54) is 24.2 Å². The molecule has 0 saturated heterocycles. The van der Waals surface area contributed by atoms with Crippen LogP contribution in [-0.4, -0.2) is 17.5 Å². The number of unbranched alkanes of at least 4 members (excludes halogenated alkanes) is 3. The quantitative estimate of drug-likeness (QED) is 0.163. The fourth-order valence-corrected chi connectivity index (χ4v) is 4.32. The van der Waals surface area contributed by atoms with E-state index in [2.05, 4.69) is 17.2 Å². The number of hydrogen-bond acceptors (Lipinski definition) is 5. The van der Waals surface area contributed by atoms with E-state index in [4.69, 9.17) is 27.9 Å². The Morgan fingerprint density at radius 3 is 2.65 bits per heavy atom. The first-order chi connectivity index (χ1) is 16.5. The highest BCUT2D eigenvalue weighted by Gasteiger charge is 2.13. The number of thiazole rings is 1. The van der Waals surface area contributed by atoms with Gasteiger partial charge in [-0.15, -0.1) is 11.3 Å².